The summed E-state index contributed by atoms with van der Waals surface area (Å²) in [7, 11) is 0. The van der Waals surface area contributed by atoms with Crippen LogP contribution in [0.3, 0.4) is 0 Å². The Morgan fingerprint density at radius 2 is 1.72 bits per heavy atom. The van der Waals surface area contributed by atoms with E-state index in [-0.39, 0.29) is 42.0 Å². The quantitative estimate of drug-likeness (QED) is 0.214. The molecule has 242 valence electrons. The van der Waals surface area contributed by atoms with E-state index in [2.05, 4.69) is 33.9 Å². The number of amides is 2. The van der Waals surface area contributed by atoms with Crippen molar-refractivity contribution in [1.29, 1.82) is 0 Å². The number of benzene rings is 1. The fourth-order valence-electron chi connectivity index (χ4n) is 7.17. The van der Waals surface area contributed by atoms with Gasteiger partial charge in [-0.3, -0.25) is 24.6 Å². The van der Waals surface area contributed by atoms with Gasteiger partial charge in [-0.05, 0) is 36.5 Å². The Kier molecular flexibility index (Phi) is 8.96. The molecule has 2 amide bonds. The first-order valence-electron chi connectivity index (χ1n) is 16.7. The smallest absolute Gasteiger partial charge is 0.242 e. The predicted octanol–water partition coefficient (Wildman–Crippen LogP) is 5.22. The van der Waals surface area contributed by atoms with Crippen molar-refractivity contribution in [3.63, 3.8) is 0 Å². The zero-order valence-electron chi connectivity index (χ0n) is 26.6. The van der Waals surface area contributed by atoms with Crippen LogP contribution in [0.5, 0.6) is 0 Å². The van der Waals surface area contributed by atoms with Crippen molar-refractivity contribution in [2.24, 2.45) is 5.92 Å². The summed E-state index contributed by atoms with van der Waals surface area (Å²) < 4.78 is 2.26. The molecule has 3 aromatic rings. The lowest BCUT2D eigenvalue weighted by atomic mass is 9.80. The van der Waals surface area contributed by atoms with Crippen LogP contribution >= 0.6 is 11.8 Å². The Morgan fingerprint density at radius 1 is 0.957 bits per heavy atom. The van der Waals surface area contributed by atoms with Crippen LogP contribution in [-0.2, 0) is 27.3 Å². The summed E-state index contributed by atoms with van der Waals surface area (Å²) in [5, 5.41) is 4.09. The van der Waals surface area contributed by atoms with Gasteiger partial charge in [0.15, 0.2) is 11.6 Å². The molecule has 0 radical (unpaired) electrons. The number of pyridine rings is 1. The van der Waals surface area contributed by atoms with Crippen molar-refractivity contribution in [2.45, 2.75) is 69.3 Å². The van der Waals surface area contributed by atoms with Crippen LogP contribution in [0.25, 0.3) is 21.9 Å². The molecule has 47 heavy (non-hydrogen) atoms. The van der Waals surface area contributed by atoms with Gasteiger partial charge >= 0.3 is 0 Å². The van der Waals surface area contributed by atoms with Gasteiger partial charge in [0.05, 0.1) is 28.2 Å². The summed E-state index contributed by atoms with van der Waals surface area (Å²) in [4.78, 5) is 50.8. The zero-order chi connectivity index (χ0) is 32.5. The van der Waals surface area contributed by atoms with E-state index in [1.54, 1.807) is 0 Å². The second kappa shape index (κ2) is 13.4. The van der Waals surface area contributed by atoms with Crippen LogP contribution in [0.1, 0.15) is 44.9 Å². The number of imide groups is 1. The number of nitrogens with one attached hydrogen (secondary N) is 1. The Hall–Kier alpha value is -4.28. The van der Waals surface area contributed by atoms with Crippen LogP contribution in [0.15, 0.2) is 84.0 Å². The summed E-state index contributed by atoms with van der Waals surface area (Å²) in [6, 6.07) is 7.53. The molecule has 4 aliphatic rings. The Labute approximate surface area is 278 Å². The molecule has 7 rings (SSSR count). The topological polar surface area (TPSA) is 123 Å². The number of hydrogen-bond acceptors (Lipinski definition) is 8. The van der Waals surface area contributed by atoms with Crippen LogP contribution in [-0.4, -0.2) is 66.7 Å². The van der Waals surface area contributed by atoms with Crippen LogP contribution < -0.4 is 11.1 Å². The number of rotatable bonds is 11. The second-order valence-corrected chi connectivity index (χ2v) is 13.9. The lowest BCUT2D eigenvalue weighted by Crippen LogP contribution is -2.36. The highest BCUT2D eigenvalue weighted by atomic mass is 32.2. The number of nitrogens with zero attached hydrogens (tertiary/aromatic N) is 4. The van der Waals surface area contributed by atoms with Crippen molar-refractivity contribution in [2.75, 3.05) is 18.0 Å². The number of Topliss-reactive ketones (excluding diaryl/α,β-unsaturated/α-hetero) is 1. The number of likely N-dealkylation sites (tertiary alicyclic amines) is 1. The molecule has 4 unspecified atom stereocenters. The van der Waals surface area contributed by atoms with Gasteiger partial charge in [-0.25, -0.2) is 9.97 Å². The summed E-state index contributed by atoms with van der Waals surface area (Å²) >= 11 is 1.43. The van der Waals surface area contributed by atoms with Gasteiger partial charge in [-0.2, -0.15) is 0 Å². The zero-order valence-corrected chi connectivity index (χ0v) is 27.4. The van der Waals surface area contributed by atoms with Crippen molar-refractivity contribution < 1.29 is 14.4 Å². The lowest BCUT2D eigenvalue weighted by Gasteiger charge is -2.25. The number of ketones is 1. The number of carbonyl (C=O) groups is 3. The first-order chi connectivity index (χ1) is 22.9. The number of carbonyl (C=O) groups excluding carboxylic acids is 3. The normalized spacial score (nSPS) is 23.8. The third-order valence-electron chi connectivity index (χ3n) is 9.58. The number of para-hydroxylation sites is 1. The van der Waals surface area contributed by atoms with Crippen molar-refractivity contribution in [3.05, 3.63) is 89.8 Å². The maximum atomic E-state index is 13.5. The molecule has 0 spiro atoms. The van der Waals surface area contributed by atoms with Crippen LogP contribution in [0.4, 0.5) is 5.82 Å². The molecular weight excluding hydrogens is 609 g/mol. The fourth-order valence-corrected chi connectivity index (χ4v) is 8.39. The number of thioether (sulfide) groups is 1. The number of fused-ring (bicyclic) bond motifs is 3. The van der Waals surface area contributed by atoms with Gasteiger partial charge in [0.2, 0.25) is 11.8 Å². The van der Waals surface area contributed by atoms with Gasteiger partial charge in [-0.1, -0.05) is 80.2 Å². The number of nitrogens with two attached hydrogens (primary N) is 1. The number of anilines is 1. The highest BCUT2D eigenvalue weighted by Crippen LogP contribution is 2.37. The molecule has 2 saturated heterocycles. The molecule has 2 bridgehead atoms. The summed E-state index contributed by atoms with van der Waals surface area (Å²) in [6.07, 6.45) is 20.6. The third-order valence-corrected chi connectivity index (χ3v) is 10.9. The van der Waals surface area contributed by atoms with Crippen molar-refractivity contribution in [3.8, 4) is 0 Å². The van der Waals surface area contributed by atoms with Crippen molar-refractivity contribution >= 4 is 57.1 Å². The third kappa shape index (κ3) is 6.00. The van der Waals surface area contributed by atoms with E-state index in [1.165, 1.54) is 16.7 Å². The van der Waals surface area contributed by atoms with Crippen LogP contribution in [0.2, 0.25) is 0 Å². The molecule has 1 aromatic carbocycles. The molecule has 0 saturated carbocycles. The van der Waals surface area contributed by atoms with E-state index in [1.807, 2.05) is 60.7 Å². The minimum Gasteiger partial charge on any atom is -0.382 e. The van der Waals surface area contributed by atoms with Gasteiger partial charge in [0, 0.05) is 43.1 Å². The number of allylic oxidation sites excluding steroid dienone is 7. The minimum atomic E-state index is -0.462. The lowest BCUT2D eigenvalue weighted by molar-refractivity contribution is -0.138. The number of aromatic nitrogens is 3. The summed E-state index contributed by atoms with van der Waals surface area (Å²) in [6.45, 7) is 3.26. The van der Waals surface area contributed by atoms with E-state index < -0.39 is 5.25 Å². The largest absolute Gasteiger partial charge is 0.382 e. The Morgan fingerprint density at radius 3 is 2.55 bits per heavy atom. The first-order valence-corrected chi connectivity index (χ1v) is 17.7. The van der Waals surface area contributed by atoms with Crippen molar-refractivity contribution in [1.82, 2.24) is 24.8 Å². The SMILES string of the molecule is CCCCc1nc2c(N)nc3ccccc3c2n1CCCCN1C(=O)CC(SCC2NC3c4ccccccc(cc4)C3C2=O)C1=O. The molecule has 4 heterocycles. The molecule has 2 aliphatic heterocycles. The maximum Gasteiger partial charge on any atom is 0.242 e. The number of imidazole rings is 1. The minimum absolute atomic E-state index is 0.0845. The highest BCUT2D eigenvalue weighted by Gasteiger charge is 2.46. The summed E-state index contributed by atoms with van der Waals surface area (Å²) in [5.74, 6) is 1.50. The maximum absolute atomic E-state index is 13.5. The number of unbranched alkanes of at least 4 members (excludes halogenated alkanes) is 2. The molecule has 10 heteroatoms. The highest BCUT2D eigenvalue weighted by molar-refractivity contribution is 8.00. The Bertz CT molecular complexity index is 1900. The standard InChI is InChI=1S/C37H40N6O3S/c1-2-3-16-29-41-33-34(25-14-8-9-15-26(25)40-36(33)38)42(29)19-10-11-20-43-30(44)21-28(37(43)46)47-22-27-35(45)31-23-12-6-4-5-7-13-24(18-17-23)32(31)39-27/h4-9,12-15,17-18,27-28,31-32,39H,2-3,10-11,16,19-22H2,1H3,(H2,38,40). The molecule has 3 N–H and O–H groups in total. The predicted molar refractivity (Wildman–Crippen MR) is 188 cm³/mol. The van der Waals surface area contributed by atoms with E-state index in [0.29, 0.717) is 31.1 Å². The van der Waals surface area contributed by atoms with E-state index in [0.717, 1.165) is 64.6 Å². The molecule has 2 aromatic heterocycles. The van der Waals surface area contributed by atoms with Gasteiger partial charge in [0.1, 0.15) is 11.3 Å². The van der Waals surface area contributed by atoms with E-state index in [9.17, 15) is 14.4 Å². The molecule has 2 fully saturated rings. The van der Waals surface area contributed by atoms with Gasteiger partial charge < -0.3 is 10.3 Å². The van der Waals surface area contributed by atoms with E-state index in [4.69, 9.17) is 10.7 Å². The monoisotopic (exact) mass is 648 g/mol. The second-order valence-electron chi connectivity index (χ2n) is 12.6. The summed E-state index contributed by atoms with van der Waals surface area (Å²) in [5.41, 5.74) is 11.0. The van der Waals surface area contributed by atoms with E-state index >= 15 is 0 Å². The fraction of sp³-hybridized carbons (Fsp3) is 0.378. The average Bonchev–Trinajstić information content (AvgIpc) is 3.71. The molecule has 9 nitrogen and oxygen atoms in total. The van der Waals surface area contributed by atoms with Gasteiger partial charge in [-0.15, -0.1) is 11.8 Å². The molecule has 4 atom stereocenters. The Balaban J connectivity index is 0.978. The van der Waals surface area contributed by atoms with Gasteiger partial charge in [0.25, 0.3) is 0 Å². The first kappa shape index (κ1) is 31.3. The molecular formula is C37H40N6O3S. The van der Waals surface area contributed by atoms with Crippen LogP contribution in [0, 0.1) is 5.92 Å². The average molecular weight is 649 g/mol. The number of aryl methyl sites for hydroxylation is 2. The number of hydrogen-bond donors (Lipinski definition) is 2. The molecule has 2 aliphatic carbocycles. The number of nitrogen functional groups attached to an aromatic ring is 1.